The van der Waals surface area contributed by atoms with Gasteiger partial charge >= 0.3 is 0 Å². The van der Waals surface area contributed by atoms with E-state index in [1.807, 2.05) is 56.7 Å². The van der Waals surface area contributed by atoms with E-state index in [-0.39, 0.29) is 0 Å². The number of pyridine rings is 1. The zero-order valence-corrected chi connectivity index (χ0v) is 14.2. The third-order valence-electron chi connectivity index (χ3n) is 3.99. The van der Waals surface area contributed by atoms with Gasteiger partial charge in [-0.3, -0.25) is 9.78 Å². The molecule has 0 aliphatic carbocycles. The summed E-state index contributed by atoms with van der Waals surface area (Å²) in [5.41, 5.74) is 2.77. The number of aromatic amines is 1. The van der Waals surface area contributed by atoms with Crippen molar-refractivity contribution < 1.29 is 4.74 Å². The largest absolute Gasteiger partial charge is 0.496 e. The van der Waals surface area contributed by atoms with Gasteiger partial charge < -0.3 is 10.1 Å². The summed E-state index contributed by atoms with van der Waals surface area (Å²) < 4.78 is 7.30. The molecule has 0 radical (unpaired) electrons. The highest BCUT2D eigenvalue weighted by Crippen LogP contribution is 2.34. The Balaban J connectivity index is 1.91. The fraction of sp³-hybridized carbons (Fsp3) is 0.167. The molecule has 0 aliphatic rings. The van der Waals surface area contributed by atoms with Gasteiger partial charge in [0.05, 0.1) is 19.0 Å². The predicted molar refractivity (Wildman–Crippen MR) is 97.1 cm³/mol. The Labute approximate surface area is 144 Å². The minimum absolute atomic E-state index is 0.697. The van der Waals surface area contributed by atoms with Crippen LogP contribution in [0, 0.1) is 6.92 Å². The Kier molecular flexibility index (Phi) is 3.61. The molecule has 126 valence electrons. The Bertz CT molecular complexity index is 1050. The van der Waals surface area contributed by atoms with Gasteiger partial charge in [0.15, 0.2) is 5.82 Å². The van der Waals surface area contributed by atoms with Gasteiger partial charge in [0.2, 0.25) is 0 Å². The maximum atomic E-state index is 5.53. The molecular weight excluding hydrogens is 316 g/mol. The SMILES string of the molecule is COc1cccc2c(-c3cnn(C)c3)nc(Nc3cc(C)[nH]n3)cc12. The van der Waals surface area contributed by atoms with Crippen molar-refractivity contribution in [2.45, 2.75) is 6.92 Å². The van der Waals surface area contributed by atoms with Gasteiger partial charge in [-0.15, -0.1) is 0 Å². The lowest BCUT2D eigenvalue weighted by molar-refractivity contribution is 0.420. The number of fused-ring (bicyclic) bond motifs is 1. The molecule has 1 aromatic carbocycles. The monoisotopic (exact) mass is 334 g/mol. The Hall–Kier alpha value is -3.35. The van der Waals surface area contributed by atoms with Crippen molar-refractivity contribution in [1.29, 1.82) is 0 Å². The lowest BCUT2D eigenvalue weighted by Crippen LogP contribution is -1.97. The molecule has 3 heterocycles. The summed E-state index contributed by atoms with van der Waals surface area (Å²) in [5, 5.41) is 16.6. The van der Waals surface area contributed by atoms with Crippen LogP contribution in [0.5, 0.6) is 5.75 Å². The van der Waals surface area contributed by atoms with Crippen LogP contribution < -0.4 is 10.1 Å². The number of benzene rings is 1. The van der Waals surface area contributed by atoms with Crippen molar-refractivity contribution in [1.82, 2.24) is 25.0 Å². The van der Waals surface area contributed by atoms with Gasteiger partial charge in [0.25, 0.3) is 0 Å². The lowest BCUT2D eigenvalue weighted by atomic mass is 10.1. The molecule has 4 aromatic rings. The number of nitrogens with zero attached hydrogens (tertiary/aromatic N) is 4. The molecule has 0 aliphatic heterocycles. The molecule has 0 amide bonds. The van der Waals surface area contributed by atoms with Gasteiger partial charge in [-0.05, 0) is 19.1 Å². The van der Waals surface area contributed by atoms with Crippen molar-refractivity contribution in [2.24, 2.45) is 7.05 Å². The molecule has 7 nitrogen and oxygen atoms in total. The number of H-pyrrole nitrogens is 1. The minimum Gasteiger partial charge on any atom is -0.496 e. The number of hydrogen-bond donors (Lipinski definition) is 2. The van der Waals surface area contributed by atoms with Crippen LogP contribution in [0.2, 0.25) is 0 Å². The zero-order chi connectivity index (χ0) is 17.4. The molecule has 0 saturated carbocycles. The van der Waals surface area contributed by atoms with Crippen LogP contribution in [-0.4, -0.2) is 32.1 Å². The number of ether oxygens (including phenoxy) is 1. The molecule has 7 heteroatoms. The Morgan fingerprint density at radius 3 is 2.72 bits per heavy atom. The highest BCUT2D eigenvalue weighted by Gasteiger charge is 2.13. The number of nitrogens with one attached hydrogen (secondary N) is 2. The fourth-order valence-corrected chi connectivity index (χ4v) is 2.87. The summed E-state index contributed by atoms with van der Waals surface area (Å²) in [6.45, 7) is 1.95. The van der Waals surface area contributed by atoms with E-state index in [1.54, 1.807) is 11.8 Å². The highest BCUT2D eigenvalue weighted by molar-refractivity contribution is 5.99. The number of anilines is 2. The molecule has 25 heavy (non-hydrogen) atoms. The number of methoxy groups -OCH3 is 1. The van der Waals surface area contributed by atoms with Crippen LogP contribution in [0.15, 0.2) is 42.7 Å². The molecular formula is C18H18N6O. The number of hydrogen-bond acceptors (Lipinski definition) is 5. The Morgan fingerprint density at radius 1 is 1.16 bits per heavy atom. The third-order valence-corrected chi connectivity index (χ3v) is 3.99. The molecule has 0 bridgehead atoms. The normalized spacial score (nSPS) is 11.0. The van der Waals surface area contributed by atoms with Crippen LogP contribution in [0.25, 0.3) is 22.0 Å². The van der Waals surface area contributed by atoms with Crippen molar-refractivity contribution in [2.75, 3.05) is 12.4 Å². The molecule has 2 N–H and O–H groups in total. The van der Waals surface area contributed by atoms with Crippen molar-refractivity contribution in [3.05, 3.63) is 48.4 Å². The summed E-state index contributed by atoms with van der Waals surface area (Å²) in [4.78, 5) is 4.79. The molecule has 0 atom stereocenters. The van der Waals surface area contributed by atoms with Gasteiger partial charge in [-0.2, -0.15) is 10.2 Å². The summed E-state index contributed by atoms with van der Waals surface area (Å²) in [6.07, 6.45) is 3.76. The quantitative estimate of drug-likeness (QED) is 0.598. The topological polar surface area (TPSA) is 80.6 Å². The second kappa shape index (κ2) is 5.94. The molecule has 0 saturated heterocycles. The van der Waals surface area contributed by atoms with Crippen molar-refractivity contribution >= 4 is 22.4 Å². The first-order valence-corrected chi connectivity index (χ1v) is 7.90. The van der Waals surface area contributed by atoms with E-state index in [1.165, 1.54) is 0 Å². The van der Waals surface area contributed by atoms with E-state index in [9.17, 15) is 0 Å². The first kappa shape index (κ1) is 15.2. The standard InChI is InChI=1S/C18H18N6O/c1-11-7-17(23-22-11)20-16-8-14-13(5-4-6-15(14)25-3)18(21-16)12-9-19-24(2)10-12/h4-10H,1-3H3,(H2,20,21,22,23). The first-order valence-electron chi connectivity index (χ1n) is 7.90. The molecule has 4 rings (SSSR count). The maximum Gasteiger partial charge on any atom is 0.153 e. The minimum atomic E-state index is 0.697. The molecule has 0 unspecified atom stereocenters. The highest BCUT2D eigenvalue weighted by atomic mass is 16.5. The third kappa shape index (κ3) is 2.80. The Morgan fingerprint density at radius 2 is 2.04 bits per heavy atom. The first-order chi connectivity index (χ1) is 12.1. The molecule has 3 aromatic heterocycles. The summed E-state index contributed by atoms with van der Waals surface area (Å²) in [5.74, 6) is 2.21. The van der Waals surface area contributed by atoms with Crippen molar-refractivity contribution in [3.8, 4) is 17.0 Å². The lowest BCUT2D eigenvalue weighted by Gasteiger charge is -2.11. The zero-order valence-electron chi connectivity index (χ0n) is 14.2. The number of aromatic nitrogens is 5. The van der Waals surface area contributed by atoms with Gasteiger partial charge in [-0.25, -0.2) is 4.98 Å². The molecule has 0 spiro atoms. The predicted octanol–water partition coefficient (Wildman–Crippen LogP) is 3.42. The smallest absolute Gasteiger partial charge is 0.153 e. The second-order valence-corrected chi connectivity index (χ2v) is 5.88. The van der Waals surface area contributed by atoms with Gasteiger partial charge in [0, 0.05) is 41.3 Å². The second-order valence-electron chi connectivity index (χ2n) is 5.88. The van der Waals surface area contributed by atoms with Crippen molar-refractivity contribution in [3.63, 3.8) is 0 Å². The molecule has 0 fully saturated rings. The van der Waals surface area contributed by atoms with Crippen LogP contribution >= 0.6 is 0 Å². The van der Waals surface area contributed by atoms with Crippen LogP contribution in [0.4, 0.5) is 11.6 Å². The maximum absolute atomic E-state index is 5.53. The fourth-order valence-electron chi connectivity index (χ4n) is 2.87. The van der Waals surface area contributed by atoms with E-state index in [0.717, 1.165) is 39.3 Å². The van der Waals surface area contributed by atoms with Gasteiger partial charge in [0.1, 0.15) is 11.6 Å². The van der Waals surface area contributed by atoms with E-state index in [4.69, 9.17) is 9.72 Å². The summed E-state index contributed by atoms with van der Waals surface area (Å²) in [6, 6.07) is 9.84. The summed E-state index contributed by atoms with van der Waals surface area (Å²) in [7, 11) is 3.56. The van der Waals surface area contributed by atoms with Crippen LogP contribution in [0.1, 0.15) is 5.69 Å². The number of aryl methyl sites for hydroxylation is 2. The average Bonchev–Trinajstić information content (AvgIpc) is 3.22. The van der Waals surface area contributed by atoms with E-state index in [0.29, 0.717) is 5.82 Å². The van der Waals surface area contributed by atoms with Crippen LogP contribution in [0.3, 0.4) is 0 Å². The van der Waals surface area contributed by atoms with E-state index >= 15 is 0 Å². The van der Waals surface area contributed by atoms with Gasteiger partial charge in [-0.1, -0.05) is 12.1 Å². The van der Waals surface area contributed by atoms with E-state index < -0.39 is 0 Å². The summed E-state index contributed by atoms with van der Waals surface area (Å²) >= 11 is 0. The number of rotatable bonds is 4. The van der Waals surface area contributed by atoms with E-state index in [2.05, 4.69) is 20.6 Å². The average molecular weight is 334 g/mol. The van der Waals surface area contributed by atoms with Crippen LogP contribution in [-0.2, 0) is 7.05 Å².